The predicted molar refractivity (Wildman–Crippen MR) is 120 cm³/mol. The van der Waals surface area contributed by atoms with Gasteiger partial charge in [-0.2, -0.15) is 0 Å². The van der Waals surface area contributed by atoms with E-state index in [0.29, 0.717) is 23.9 Å². The van der Waals surface area contributed by atoms with Crippen molar-refractivity contribution in [3.05, 3.63) is 59.2 Å². The third-order valence-corrected chi connectivity index (χ3v) is 4.98. The maximum Gasteiger partial charge on any atom is 0.338 e. The molecule has 0 saturated carbocycles. The summed E-state index contributed by atoms with van der Waals surface area (Å²) in [5, 5.41) is 5.16. The molecule has 0 aliphatic carbocycles. The molecule has 0 saturated heterocycles. The zero-order valence-electron chi connectivity index (χ0n) is 19.3. The highest BCUT2D eigenvalue weighted by Crippen LogP contribution is 2.30. The fourth-order valence-electron chi connectivity index (χ4n) is 3.31. The van der Waals surface area contributed by atoms with Crippen molar-refractivity contribution in [3.63, 3.8) is 0 Å². The van der Waals surface area contributed by atoms with Gasteiger partial charge in [0.15, 0.2) is 11.5 Å². The Bertz CT molecular complexity index is 1050. The summed E-state index contributed by atoms with van der Waals surface area (Å²) in [4.78, 5) is 37.6. The lowest BCUT2D eigenvalue weighted by atomic mass is 10.0. The summed E-state index contributed by atoms with van der Waals surface area (Å²) in [5.41, 5.74) is 0.408. The SMILES string of the molecule is CCCCOc1ccc(C(=O)OCC2=C(C(=O)OCC)[C@H](c3ccco3)NC(=O)N2)cc1OC. The summed E-state index contributed by atoms with van der Waals surface area (Å²) < 4.78 is 26.9. The van der Waals surface area contributed by atoms with Crippen molar-refractivity contribution in [2.24, 2.45) is 0 Å². The van der Waals surface area contributed by atoms with Crippen molar-refractivity contribution < 1.29 is 37.7 Å². The Hall–Kier alpha value is -3.95. The topological polar surface area (TPSA) is 125 Å². The third kappa shape index (κ3) is 5.89. The maximum atomic E-state index is 12.7. The highest BCUT2D eigenvalue weighted by molar-refractivity contribution is 5.95. The van der Waals surface area contributed by atoms with Gasteiger partial charge in [-0.05, 0) is 43.7 Å². The monoisotopic (exact) mass is 472 g/mol. The van der Waals surface area contributed by atoms with E-state index in [2.05, 4.69) is 17.6 Å². The van der Waals surface area contributed by atoms with Crippen LogP contribution in [0, 0.1) is 0 Å². The number of carbonyl (C=O) groups excluding carboxylic acids is 3. The van der Waals surface area contributed by atoms with E-state index in [9.17, 15) is 14.4 Å². The number of benzene rings is 1. The highest BCUT2D eigenvalue weighted by Gasteiger charge is 2.35. The van der Waals surface area contributed by atoms with Gasteiger partial charge in [0.05, 0.1) is 43.4 Å². The van der Waals surface area contributed by atoms with Crippen molar-refractivity contribution in [1.29, 1.82) is 0 Å². The number of amides is 2. The van der Waals surface area contributed by atoms with Gasteiger partial charge in [-0.25, -0.2) is 14.4 Å². The van der Waals surface area contributed by atoms with E-state index < -0.39 is 24.0 Å². The molecule has 1 aromatic carbocycles. The number of carbonyl (C=O) groups is 3. The number of hydrogen-bond donors (Lipinski definition) is 2. The summed E-state index contributed by atoms with van der Waals surface area (Å²) in [6.45, 7) is 4.02. The Morgan fingerprint density at radius 2 is 1.91 bits per heavy atom. The van der Waals surface area contributed by atoms with Crippen LogP contribution in [0.25, 0.3) is 0 Å². The Kier molecular flexibility index (Phi) is 8.55. The largest absolute Gasteiger partial charge is 0.493 e. The molecule has 3 rings (SSSR count). The minimum Gasteiger partial charge on any atom is -0.493 e. The number of urea groups is 1. The molecule has 1 aliphatic rings. The number of furan rings is 1. The maximum absolute atomic E-state index is 12.7. The standard InChI is InChI=1S/C24H28N2O8/c1-4-6-11-32-17-10-9-15(13-19(17)30-3)22(27)34-14-16-20(23(28)31-5-2)21(26-24(29)25-16)18-8-7-12-33-18/h7-10,12-13,21H,4-6,11,14H2,1-3H3,(H2,25,26,29)/t21-/m0/s1. The van der Waals surface area contributed by atoms with Crippen LogP contribution in [0.1, 0.15) is 48.8 Å². The summed E-state index contributed by atoms with van der Waals surface area (Å²) in [6, 6.07) is 6.49. The van der Waals surface area contributed by atoms with Gasteiger partial charge in [-0.15, -0.1) is 0 Å². The molecule has 0 spiro atoms. The van der Waals surface area contributed by atoms with Crippen molar-refractivity contribution in [2.45, 2.75) is 32.7 Å². The molecule has 1 aromatic heterocycles. The molecule has 182 valence electrons. The Morgan fingerprint density at radius 1 is 1.09 bits per heavy atom. The smallest absolute Gasteiger partial charge is 0.338 e. The highest BCUT2D eigenvalue weighted by atomic mass is 16.5. The second-order valence-corrected chi connectivity index (χ2v) is 7.30. The van der Waals surface area contributed by atoms with E-state index in [-0.39, 0.29) is 30.0 Å². The third-order valence-electron chi connectivity index (χ3n) is 4.98. The van der Waals surface area contributed by atoms with E-state index in [1.807, 2.05) is 0 Å². The van der Waals surface area contributed by atoms with Crippen LogP contribution in [0.15, 0.2) is 52.3 Å². The Morgan fingerprint density at radius 3 is 2.59 bits per heavy atom. The molecule has 10 nitrogen and oxygen atoms in total. The van der Waals surface area contributed by atoms with Crippen molar-refractivity contribution in [1.82, 2.24) is 10.6 Å². The molecule has 0 fully saturated rings. The number of nitrogens with one attached hydrogen (secondary N) is 2. The van der Waals surface area contributed by atoms with Crippen molar-refractivity contribution in [3.8, 4) is 11.5 Å². The number of rotatable bonds is 11. The number of methoxy groups -OCH3 is 1. The lowest BCUT2D eigenvalue weighted by Gasteiger charge is -2.27. The van der Waals surface area contributed by atoms with Gasteiger partial charge in [0.25, 0.3) is 0 Å². The van der Waals surface area contributed by atoms with Crippen LogP contribution in [0.5, 0.6) is 11.5 Å². The van der Waals surface area contributed by atoms with Crippen LogP contribution in [0.3, 0.4) is 0 Å². The molecule has 2 N–H and O–H groups in total. The van der Waals surface area contributed by atoms with E-state index in [4.69, 9.17) is 23.4 Å². The van der Waals surface area contributed by atoms with Crippen LogP contribution in [0.4, 0.5) is 4.79 Å². The summed E-state index contributed by atoms with van der Waals surface area (Å²) >= 11 is 0. The van der Waals surface area contributed by atoms with E-state index in [0.717, 1.165) is 12.8 Å². The molecular formula is C24H28N2O8. The average molecular weight is 472 g/mol. The molecule has 10 heteroatoms. The van der Waals surface area contributed by atoms with Gasteiger partial charge in [-0.3, -0.25) is 0 Å². The van der Waals surface area contributed by atoms with Gasteiger partial charge >= 0.3 is 18.0 Å². The molecule has 1 aliphatic heterocycles. The van der Waals surface area contributed by atoms with E-state index in [1.165, 1.54) is 19.4 Å². The minimum atomic E-state index is -0.892. The number of ether oxygens (including phenoxy) is 4. The van der Waals surface area contributed by atoms with Crippen LogP contribution in [-0.4, -0.2) is 44.9 Å². The minimum absolute atomic E-state index is 0.0847. The molecule has 2 aromatic rings. The Labute approximate surface area is 197 Å². The predicted octanol–water partition coefficient (Wildman–Crippen LogP) is 3.50. The molecule has 34 heavy (non-hydrogen) atoms. The van der Waals surface area contributed by atoms with Crippen LogP contribution in [0.2, 0.25) is 0 Å². The lowest BCUT2D eigenvalue weighted by molar-refractivity contribution is -0.139. The molecular weight excluding hydrogens is 444 g/mol. The zero-order valence-corrected chi connectivity index (χ0v) is 19.3. The normalized spacial score (nSPS) is 15.3. The molecule has 1 atom stereocenters. The average Bonchev–Trinajstić information content (AvgIpc) is 3.37. The fourth-order valence-corrected chi connectivity index (χ4v) is 3.31. The molecule has 0 unspecified atom stereocenters. The van der Waals surface area contributed by atoms with Gasteiger partial charge in [0.2, 0.25) is 0 Å². The molecule has 2 heterocycles. The summed E-state index contributed by atoms with van der Waals surface area (Å²) in [5.74, 6) is -0.0870. The van der Waals surface area contributed by atoms with Gasteiger partial charge in [-0.1, -0.05) is 13.3 Å². The molecule has 0 radical (unpaired) electrons. The first-order valence-corrected chi connectivity index (χ1v) is 11.0. The Balaban J connectivity index is 1.80. The first-order chi connectivity index (χ1) is 16.5. The van der Waals surface area contributed by atoms with Crippen LogP contribution in [-0.2, 0) is 14.3 Å². The van der Waals surface area contributed by atoms with E-state index >= 15 is 0 Å². The molecule has 0 bridgehead atoms. The van der Waals surface area contributed by atoms with Crippen molar-refractivity contribution >= 4 is 18.0 Å². The van der Waals surface area contributed by atoms with Crippen LogP contribution < -0.4 is 20.1 Å². The number of hydrogen-bond acceptors (Lipinski definition) is 8. The van der Waals surface area contributed by atoms with Gasteiger partial charge < -0.3 is 34.0 Å². The first kappa shape index (κ1) is 24.7. The first-order valence-electron chi connectivity index (χ1n) is 11.0. The zero-order chi connectivity index (χ0) is 24.5. The summed E-state index contributed by atoms with van der Waals surface area (Å²) in [7, 11) is 1.48. The second-order valence-electron chi connectivity index (χ2n) is 7.30. The number of unbranched alkanes of at least 4 members (excludes halogenated alkanes) is 1. The summed E-state index contributed by atoms with van der Waals surface area (Å²) in [6.07, 6.45) is 3.31. The van der Waals surface area contributed by atoms with E-state index in [1.54, 1.807) is 31.2 Å². The molecule has 2 amide bonds. The second kappa shape index (κ2) is 11.8. The van der Waals surface area contributed by atoms with Gasteiger partial charge in [0.1, 0.15) is 18.4 Å². The van der Waals surface area contributed by atoms with Gasteiger partial charge in [0, 0.05) is 0 Å². The fraction of sp³-hybridized carbons (Fsp3) is 0.375. The lowest BCUT2D eigenvalue weighted by Crippen LogP contribution is -2.47. The quantitative estimate of drug-likeness (QED) is 0.376. The van der Waals surface area contributed by atoms with Crippen molar-refractivity contribution in [2.75, 3.05) is 26.9 Å². The number of esters is 2. The van der Waals surface area contributed by atoms with Crippen LogP contribution >= 0.6 is 0 Å².